The third-order valence-electron chi connectivity index (χ3n) is 4.91. The maximum atomic E-state index is 13.3. The van der Waals surface area contributed by atoms with Gasteiger partial charge in [0.1, 0.15) is 12.0 Å². The number of nitrogens with zero attached hydrogens (tertiary/aromatic N) is 1. The fourth-order valence-corrected chi connectivity index (χ4v) is 3.31. The number of rotatable bonds is 6. The van der Waals surface area contributed by atoms with E-state index in [1.807, 2.05) is 29.2 Å². The number of amides is 1. The number of quaternary nitrogens is 1. The van der Waals surface area contributed by atoms with Crippen molar-refractivity contribution in [2.24, 2.45) is 0 Å². The van der Waals surface area contributed by atoms with Crippen molar-refractivity contribution < 1.29 is 14.1 Å². The molecule has 0 unspecified atom stereocenters. The first-order valence-corrected chi connectivity index (χ1v) is 8.89. The number of anilines is 1. The molecule has 1 heterocycles. The van der Waals surface area contributed by atoms with Crippen molar-refractivity contribution in [2.45, 2.75) is 20.0 Å². The van der Waals surface area contributed by atoms with Crippen LogP contribution in [0.15, 0.2) is 48.5 Å². The summed E-state index contributed by atoms with van der Waals surface area (Å²) < 4.78 is 13.3. The number of carbonyl (C=O) groups excluding carboxylic acids is 1. The Balaban J connectivity index is 1.91. The summed E-state index contributed by atoms with van der Waals surface area (Å²) in [4.78, 5) is 16.4. The van der Waals surface area contributed by atoms with Crippen LogP contribution in [-0.2, 0) is 0 Å². The van der Waals surface area contributed by atoms with Crippen molar-refractivity contribution in [1.82, 2.24) is 4.90 Å². The first-order chi connectivity index (χ1) is 12.1. The lowest BCUT2D eigenvalue weighted by Gasteiger charge is -2.38. The van der Waals surface area contributed by atoms with Gasteiger partial charge in [0.2, 0.25) is 0 Å². The van der Waals surface area contributed by atoms with Crippen molar-refractivity contribution in [2.75, 3.05) is 31.5 Å². The fourth-order valence-electron chi connectivity index (χ4n) is 3.31. The van der Waals surface area contributed by atoms with Gasteiger partial charge in [0.15, 0.2) is 0 Å². The van der Waals surface area contributed by atoms with Gasteiger partial charge in [0, 0.05) is 5.69 Å². The summed E-state index contributed by atoms with van der Waals surface area (Å²) in [6, 6.07) is 13.9. The Morgan fingerprint density at radius 1 is 1.08 bits per heavy atom. The van der Waals surface area contributed by atoms with Gasteiger partial charge in [-0.2, -0.15) is 0 Å². The van der Waals surface area contributed by atoms with Gasteiger partial charge in [-0.1, -0.05) is 24.3 Å². The largest absolute Gasteiger partial charge is 0.361 e. The molecule has 2 aromatic rings. The lowest BCUT2D eigenvalue weighted by molar-refractivity contribution is -0.895. The maximum Gasteiger partial charge on any atom is 0.258 e. The SMILES string of the molecule is CC[NH+](CC)CCN1C(=O)c2ccccc2N[C@@H]1c1ccc(F)cc1. The highest BCUT2D eigenvalue weighted by atomic mass is 19.1. The second-order valence-electron chi connectivity index (χ2n) is 6.35. The number of benzene rings is 2. The molecule has 0 bridgehead atoms. The van der Waals surface area contributed by atoms with Gasteiger partial charge >= 0.3 is 0 Å². The summed E-state index contributed by atoms with van der Waals surface area (Å²) in [7, 11) is 0. The molecule has 25 heavy (non-hydrogen) atoms. The Morgan fingerprint density at radius 3 is 2.44 bits per heavy atom. The summed E-state index contributed by atoms with van der Waals surface area (Å²) in [6.07, 6.45) is -0.280. The molecular weight excluding hydrogens is 317 g/mol. The maximum absolute atomic E-state index is 13.3. The fraction of sp³-hybridized carbons (Fsp3) is 0.350. The number of likely N-dealkylation sites (N-methyl/N-ethyl adjacent to an activating group) is 1. The first-order valence-electron chi connectivity index (χ1n) is 8.89. The number of hydrogen-bond acceptors (Lipinski definition) is 2. The normalized spacial score (nSPS) is 16.7. The van der Waals surface area contributed by atoms with Crippen molar-refractivity contribution in [3.05, 3.63) is 65.5 Å². The number of carbonyl (C=O) groups is 1. The standard InChI is InChI=1S/C20H24FN3O/c1-3-23(4-2)13-14-24-19(15-9-11-16(21)12-10-15)22-18-8-6-5-7-17(18)20(24)25/h5-12,19,22H,3-4,13-14H2,1-2H3/p+1/t19-/m0/s1. The van der Waals surface area contributed by atoms with E-state index in [0.29, 0.717) is 12.1 Å². The zero-order valence-corrected chi connectivity index (χ0v) is 14.8. The summed E-state index contributed by atoms with van der Waals surface area (Å²) in [5.74, 6) is -0.249. The summed E-state index contributed by atoms with van der Waals surface area (Å²) in [6.45, 7) is 7.91. The molecule has 0 saturated heterocycles. The quantitative estimate of drug-likeness (QED) is 0.845. The summed E-state index contributed by atoms with van der Waals surface area (Å²) in [5.41, 5.74) is 2.41. The molecule has 0 saturated carbocycles. The highest BCUT2D eigenvalue weighted by Crippen LogP contribution is 2.32. The van der Waals surface area contributed by atoms with E-state index in [0.717, 1.165) is 30.9 Å². The minimum atomic E-state index is -0.280. The van der Waals surface area contributed by atoms with E-state index in [1.165, 1.54) is 17.0 Å². The van der Waals surface area contributed by atoms with Crippen LogP contribution in [0.2, 0.25) is 0 Å². The van der Waals surface area contributed by atoms with Gasteiger partial charge in [-0.3, -0.25) is 4.79 Å². The molecule has 1 atom stereocenters. The smallest absolute Gasteiger partial charge is 0.258 e. The Morgan fingerprint density at radius 2 is 1.76 bits per heavy atom. The van der Waals surface area contributed by atoms with Crippen molar-refractivity contribution in [3.8, 4) is 0 Å². The molecule has 0 radical (unpaired) electrons. The van der Waals surface area contributed by atoms with Crippen LogP contribution in [0.25, 0.3) is 0 Å². The predicted molar refractivity (Wildman–Crippen MR) is 97.2 cm³/mol. The van der Waals surface area contributed by atoms with Crippen molar-refractivity contribution in [3.63, 3.8) is 0 Å². The summed E-state index contributed by atoms with van der Waals surface area (Å²) in [5, 5.41) is 3.45. The van der Waals surface area contributed by atoms with Gasteiger partial charge in [-0.05, 0) is 43.7 Å². The number of hydrogen-bond donors (Lipinski definition) is 2. The minimum Gasteiger partial charge on any atom is -0.361 e. The molecule has 4 nitrogen and oxygen atoms in total. The lowest BCUT2D eigenvalue weighted by atomic mass is 10.0. The Hall–Kier alpha value is -2.40. The van der Waals surface area contributed by atoms with Crippen LogP contribution in [0.1, 0.15) is 35.9 Å². The van der Waals surface area contributed by atoms with Crippen LogP contribution in [0, 0.1) is 5.82 Å². The van der Waals surface area contributed by atoms with Gasteiger partial charge in [-0.25, -0.2) is 4.39 Å². The minimum absolute atomic E-state index is 0.0234. The van der Waals surface area contributed by atoms with Crippen LogP contribution >= 0.6 is 0 Å². The molecule has 0 aromatic heterocycles. The zero-order chi connectivity index (χ0) is 17.8. The molecule has 2 aromatic carbocycles. The molecular formula is C20H25FN3O+. The third-order valence-corrected chi connectivity index (χ3v) is 4.91. The van der Waals surface area contributed by atoms with Crippen molar-refractivity contribution >= 4 is 11.6 Å². The number of para-hydroxylation sites is 1. The average molecular weight is 342 g/mol. The number of halogens is 1. The highest BCUT2D eigenvalue weighted by Gasteiger charge is 2.33. The molecule has 3 rings (SSSR count). The van der Waals surface area contributed by atoms with E-state index >= 15 is 0 Å². The Bertz CT molecular complexity index is 728. The second-order valence-corrected chi connectivity index (χ2v) is 6.35. The van der Waals surface area contributed by atoms with Crippen LogP contribution in [0.4, 0.5) is 10.1 Å². The number of fused-ring (bicyclic) bond motifs is 1. The third kappa shape index (κ3) is 3.66. The summed E-state index contributed by atoms with van der Waals surface area (Å²) >= 11 is 0. The van der Waals surface area contributed by atoms with Crippen LogP contribution in [0.3, 0.4) is 0 Å². The Kier molecular flexibility index (Phi) is 5.34. The molecule has 1 amide bonds. The van der Waals surface area contributed by atoms with Gasteiger partial charge in [-0.15, -0.1) is 0 Å². The van der Waals surface area contributed by atoms with Crippen molar-refractivity contribution in [1.29, 1.82) is 0 Å². The second kappa shape index (κ2) is 7.66. The van der Waals surface area contributed by atoms with E-state index in [1.54, 1.807) is 12.1 Å². The Labute approximate surface area is 148 Å². The molecule has 2 N–H and O–H groups in total. The molecule has 0 spiro atoms. The molecule has 0 fully saturated rings. The molecule has 0 aliphatic carbocycles. The van der Waals surface area contributed by atoms with Crippen LogP contribution < -0.4 is 10.2 Å². The van der Waals surface area contributed by atoms with E-state index in [9.17, 15) is 9.18 Å². The monoisotopic (exact) mass is 342 g/mol. The number of nitrogens with one attached hydrogen (secondary N) is 2. The van der Waals surface area contributed by atoms with Gasteiger partial charge in [0.25, 0.3) is 5.91 Å². The van der Waals surface area contributed by atoms with Gasteiger partial charge < -0.3 is 15.1 Å². The topological polar surface area (TPSA) is 36.8 Å². The molecule has 1 aliphatic rings. The highest BCUT2D eigenvalue weighted by molar-refractivity contribution is 6.01. The molecule has 5 heteroatoms. The zero-order valence-electron chi connectivity index (χ0n) is 14.8. The molecule has 1 aliphatic heterocycles. The van der Waals surface area contributed by atoms with E-state index in [4.69, 9.17) is 0 Å². The first kappa shape index (κ1) is 17.4. The predicted octanol–water partition coefficient (Wildman–Crippen LogP) is 2.32. The average Bonchev–Trinajstić information content (AvgIpc) is 2.64. The van der Waals surface area contributed by atoms with E-state index in [2.05, 4.69) is 19.2 Å². The lowest BCUT2D eigenvalue weighted by Crippen LogP contribution is -3.12. The van der Waals surface area contributed by atoms with Crippen LogP contribution in [-0.4, -0.2) is 37.0 Å². The van der Waals surface area contributed by atoms with Crippen LogP contribution in [0.5, 0.6) is 0 Å². The molecule has 132 valence electrons. The van der Waals surface area contributed by atoms with Gasteiger partial charge in [0.05, 0.1) is 31.7 Å². The van der Waals surface area contributed by atoms with E-state index in [-0.39, 0.29) is 17.9 Å². The van der Waals surface area contributed by atoms with E-state index < -0.39 is 0 Å².